The van der Waals surface area contributed by atoms with Gasteiger partial charge in [-0.15, -0.1) is 0 Å². The molecule has 0 aromatic rings. The van der Waals surface area contributed by atoms with Crippen LogP contribution in [0, 0.1) is 5.92 Å². The molecule has 1 N–H and O–H groups in total. The highest BCUT2D eigenvalue weighted by molar-refractivity contribution is 6.77. The Morgan fingerprint density at radius 1 is 0.931 bits per heavy atom. The summed E-state index contributed by atoms with van der Waals surface area (Å²) in [5.74, 6) is -0.272. The van der Waals surface area contributed by atoms with Crippen LogP contribution >= 0.6 is 0 Å². The summed E-state index contributed by atoms with van der Waals surface area (Å²) in [6.45, 7) is 21.7. The first-order valence-corrected chi connectivity index (χ1v) is 13.0. The molecule has 2 atom stereocenters. The minimum Gasteiger partial charge on any atom is -0.467 e. The van der Waals surface area contributed by atoms with Gasteiger partial charge in [-0.05, 0) is 56.2 Å². The first kappa shape index (κ1) is 27.9. The molecule has 0 aliphatic carbocycles. The van der Waals surface area contributed by atoms with Gasteiger partial charge < -0.3 is 19.2 Å². The van der Waals surface area contributed by atoms with Crippen molar-refractivity contribution in [2.45, 2.75) is 110 Å². The van der Waals surface area contributed by atoms with Gasteiger partial charge >= 0.3 is 12.1 Å². The maximum atomic E-state index is 12.1. The van der Waals surface area contributed by atoms with Crippen LogP contribution in [-0.2, 0) is 18.7 Å². The number of methoxy groups -OCH3 is 1. The number of carbonyl (C=O) groups excluding carboxylic acids is 2. The van der Waals surface area contributed by atoms with Crippen molar-refractivity contribution in [3.8, 4) is 0 Å². The largest absolute Gasteiger partial charge is 0.467 e. The van der Waals surface area contributed by atoms with E-state index in [1.54, 1.807) is 20.8 Å². The van der Waals surface area contributed by atoms with Crippen LogP contribution in [0.25, 0.3) is 0 Å². The fraction of sp³-hybridized carbons (Fsp3) is 0.909. The summed E-state index contributed by atoms with van der Waals surface area (Å²) >= 11 is 0. The Bertz CT molecular complexity index is 492. The Morgan fingerprint density at radius 3 is 1.79 bits per heavy atom. The molecule has 0 spiro atoms. The van der Waals surface area contributed by atoms with E-state index in [2.05, 4.69) is 53.8 Å². The average molecular weight is 432 g/mol. The van der Waals surface area contributed by atoms with E-state index in [4.69, 9.17) is 13.9 Å². The summed E-state index contributed by atoms with van der Waals surface area (Å²) in [5, 5.41) is 2.65. The van der Waals surface area contributed by atoms with Crippen LogP contribution in [0.1, 0.15) is 82.1 Å². The second kappa shape index (κ2) is 11.9. The lowest BCUT2D eigenvalue weighted by Gasteiger charge is -2.42. The number of hydrogen-bond acceptors (Lipinski definition) is 5. The standard InChI is InChI=1S/C22H45NO5Si/c1-15(2)29(16(3)4,17(5)6)27-13-12-18(7)14-19(20(24)26-11)23-21(25)28-22(8,9)10/h15-19H,12-14H2,1-11H3,(H,23,25)/t18-,19+/m1/s1. The highest BCUT2D eigenvalue weighted by atomic mass is 28.4. The number of amides is 1. The molecule has 0 saturated carbocycles. The van der Waals surface area contributed by atoms with E-state index >= 15 is 0 Å². The molecule has 0 radical (unpaired) electrons. The lowest BCUT2D eigenvalue weighted by Crippen LogP contribution is -2.48. The SMILES string of the molecule is COC(=O)[C@H](C[C@H](C)CCO[Si](C(C)C)(C(C)C)C(C)C)NC(=O)OC(C)(C)C. The van der Waals surface area contributed by atoms with E-state index in [-0.39, 0.29) is 5.92 Å². The van der Waals surface area contributed by atoms with Gasteiger partial charge in [0.25, 0.3) is 0 Å². The molecular formula is C22H45NO5Si. The van der Waals surface area contributed by atoms with Gasteiger partial charge in [0.15, 0.2) is 8.32 Å². The van der Waals surface area contributed by atoms with E-state index < -0.39 is 32.0 Å². The zero-order chi connectivity index (χ0) is 23.0. The van der Waals surface area contributed by atoms with E-state index in [1.165, 1.54) is 7.11 Å². The number of carbonyl (C=O) groups is 2. The van der Waals surface area contributed by atoms with Gasteiger partial charge in [-0.2, -0.15) is 0 Å². The highest BCUT2D eigenvalue weighted by Crippen LogP contribution is 2.42. The summed E-state index contributed by atoms with van der Waals surface area (Å²) in [7, 11) is -0.570. The Kier molecular flexibility index (Phi) is 11.5. The third-order valence-electron chi connectivity index (χ3n) is 5.48. The minimum atomic E-state index is -1.90. The molecule has 1 amide bonds. The highest BCUT2D eigenvalue weighted by Gasteiger charge is 2.44. The van der Waals surface area contributed by atoms with Gasteiger partial charge in [0.2, 0.25) is 0 Å². The van der Waals surface area contributed by atoms with Crippen molar-refractivity contribution in [3.63, 3.8) is 0 Å². The Balaban J connectivity index is 4.93. The summed E-state index contributed by atoms with van der Waals surface area (Å²) in [5.41, 5.74) is 0.987. The van der Waals surface area contributed by atoms with Crippen LogP contribution in [0.5, 0.6) is 0 Å². The van der Waals surface area contributed by atoms with Crippen molar-refractivity contribution < 1.29 is 23.5 Å². The summed E-state index contributed by atoms with van der Waals surface area (Å²) in [6, 6.07) is -0.729. The molecule has 0 aliphatic heterocycles. The maximum Gasteiger partial charge on any atom is 0.408 e. The quantitative estimate of drug-likeness (QED) is 0.337. The van der Waals surface area contributed by atoms with E-state index in [1.807, 2.05) is 0 Å². The molecule has 6 nitrogen and oxygen atoms in total. The predicted octanol–water partition coefficient (Wildman–Crippen LogP) is 5.66. The van der Waals surface area contributed by atoms with Gasteiger partial charge in [0.1, 0.15) is 11.6 Å². The maximum absolute atomic E-state index is 12.1. The van der Waals surface area contributed by atoms with Gasteiger partial charge in [-0.1, -0.05) is 48.5 Å². The van der Waals surface area contributed by atoms with Crippen molar-refractivity contribution >= 4 is 20.4 Å². The Labute approximate surface area is 179 Å². The van der Waals surface area contributed by atoms with Crippen LogP contribution in [0.4, 0.5) is 4.79 Å². The van der Waals surface area contributed by atoms with E-state index in [0.29, 0.717) is 29.7 Å². The Hall–Kier alpha value is -1.08. The third-order valence-corrected chi connectivity index (χ3v) is 11.6. The fourth-order valence-corrected chi connectivity index (χ4v) is 9.73. The average Bonchev–Trinajstić information content (AvgIpc) is 2.54. The second-order valence-corrected chi connectivity index (χ2v) is 15.5. The minimum absolute atomic E-state index is 0.187. The van der Waals surface area contributed by atoms with Crippen molar-refractivity contribution in [1.82, 2.24) is 5.32 Å². The monoisotopic (exact) mass is 431 g/mol. The van der Waals surface area contributed by atoms with Gasteiger partial charge in [0, 0.05) is 6.61 Å². The van der Waals surface area contributed by atoms with E-state index in [0.717, 1.165) is 6.42 Å². The summed E-state index contributed by atoms with van der Waals surface area (Å²) in [4.78, 5) is 24.2. The molecule has 29 heavy (non-hydrogen) atoms. The number of hydrogen-bond donors (Lipinski definition) is 1. The lowest BCUT2D eigenvalue weighted by molar-refractivity contribution is -0.143. The van der Waals surface area contributed by atoms with Crippen LogP contribution in [0.15, 0.2) is 0 Å². The molecule has 0 aromatic carbocycles. The van der Waals surface area contributed by atoms with Gasteiger partial charge in [0.05, 0.1) is 7.11 Å². The molecule has 0 heterocycles. The van der Waals surface area contributed by atoms with E-state index in [9.17, 15) is 9.59 Å². The lowest BCUT2D eigenvalue weighted by atomic mass is 9.99. The van der Waals surface area contributed by atoms with Gasteiger partial charge in [-0.25, -0.2) is 9.59 Å². The number of ether oxygens (including phenoxy) is 2. The molecule has 172 valence electrons. The first-order valence-electron chi connectivity index (χ1n) is 10.9. The number of nitrogens with one attached hydrogen (secondary N) is 1. The Morgan fingerprint density at radius 2 is 1.41 bits per heavy atom. The van der Waals surface area contributed by atoms with Crippen molar-refractivity contribution in [2.75, 3.05) is 13.7 Å². The van der Waals surface area contributed by atoms with Crippen LogP contribution in [-0.4, -0.2) is 45.7 Å². The van der Waals surface area contributed by atoms with Crippen molar-refractivity contribution in [3.05, 3.63) is 0 Å². The number of alkyl carbamates (subject to hydrolysis) is 1. The zero-order valence-corrected chi connectivity index (χ0v) is 21.5. The summed E-state index contributed by atoms with van der Waals surface area (Å²) < 4.78 is 16.7. The molecule has 0 fully saturated rings. The topological polar surface area (TPSA) is 73.9 Å². The van der Waals surface area contributed by atoms with Crippen LogP contribution in [0.3, 0.4) is 0 Å². The second-order valence-electron chi connectivity index (χ2n) is 10.0. The molecule has 0 unspecified atom stereocenters. The third kappa shape index (κ3) is 9.07. The van der Waals surface area contributed by atoms with Crippen LogP contribution < -0.4 is 5.32 Å². The molecule has 0 saturated heterocycles. The molecular weight excluding hydrogens is 386 g/mol. The molecule has 0 rings (SSSR count). The number of rotatable bonds is 11. The predicted molar refractivity (Wildman–Crippen MR) is 121 cm³/mol. The molecule has 7 heteroatoms. The van der Waals surface area contributed by atoms with Crippen molar-refractivity contribution in [1.29, 1.82) is 0 Å². The number of esters is 1. The molecule has 0 aliphatic rings. The normalized spacial score (nSPS) is 14.8. The van der Waals surface area contributed by atoms with Crippen LogP contribution in [0.2, 0.25) is 16.6 Å². The molecule has 0 aromatic heterocycles. The fourth-order valence-electron chi connectivity index (χ4n) is 4.26. The van der Waals surface area contributed by atoms with Gasteiger partial charge in [-0.3, -0.25) is 0 Å². The summed E-state index contributed by atoms with van der Waals surface area (Å²) in [6.07, 6.45) is 0.696. The smallest absolute Gasteiger partial charge is 0.408 e. The first-order chi connectivity index (χ1) is 13.2. The zero-order valence-electron chi connectivity index (χ0n) is 20.5. The van der Waals surface area contributed by atoms with Crippen molar-refractivity contribution in [2.24, 2.45) is 5.92 Å². The molecule has 0 bridgehead atoms.